The molecule has 0 spiro atoms. The maximum atomic E-state index is 12.7. The van der Waals surface area contributed by atoms with Crippen molar-refractivity contribution in [2.24, 2.45) is 5.92 Å². The van der Waals surface area contributed by atoms with Crippen LogP contribution in [-0.2, 0) is 4.79 Å². The average molecular weight is 379 g/mol. The number of nitrogens with zero attached hydrogens (tertiary/aromatic N) is 3. The Morgan fingerprint density at radius 3 is 2.61 bits per heavy atom. The predicted octanol–water partition coefficient (Wildman–Crippen LogP) is 2.86. The molecule has 1 aromatic carbocycles. The number of likely N-dealkylation sites (tertiary alicyclic amines) is 1. The number of aromatic amines is 1. The average Bonchev–Trinajstić information content (AvgIpc) is 3.37. The molecule has 1 saturated heterocycles. The van der Waals surface area contributed by atoms with Crippen molar-refractivity contribution in [1.82, 2.24) is 20.3 Å². The lowest BCUT2D eigenvalue weighted by atomic mass is 9.95. The Morgan fingerprint density at radius 2 is 1.93 bits per heavy atom. The summed E-state index contributed by atoms with van der Waals surface area (Å²) in [5, 5.41) is 13.6. The summed E-state index contributed by atoms with van der Waals surface area (Å²) in [5.41, 5.74) is 2.15. The molecule has 28 heavy (non-hydrogen) atoms. The van der Waals surface area contributed by atoms with Crippen LogP contribution in [0, 0.1) is 12.8 Å². The highest BCUT2D eigenvalue weighted by atomic mass is 16.5. The number of amides is 2. The molecule has 1 aliphatic heterocycles. The van der Waals surface area contributed by atoms with E-state index in [-0.39, 0.29) is 17.7 Å². The number of rotatable bonds is 4. The smallest absolute Gasteiger partial charge is 0.271 e. The van der Waals surface area contributed by atoms with Crippen molar-refractivity contribution in [3.8, 4) is 11.3 Å². The first kappa shape index (κ1) is 18.0. The van der Waals surface area contributed by atoms with E-state index in [0.717, 1.165) is 11.3 Å². The van der Waals surface area contributed by atoms with Gasteiger partial charge in [0.15, 0.2) is 5.82 Å². The molecular weight excluding hydrogens is 358 g/mol. The normalized spacial score (nSPS) is 14.8. The van der Waals surface area contributed by atoms with Crippen LogP contribution < -0.4 is 5.32 Å². The van der Waals surface area contributed by atoms with Gasteiger partial charge in [-0.1, -0.05) is 35.5 Å². The maximum Gasteiger partial charge on any atom is 0.271 e. The minimum Gasteiger partial charge on any atom is -0.360 e. The van der Waals surface area contributed by atoms with Crippen molar-refractivity contribution in [2.45, 2.75) is 19.8 Å². The van der Waals surface area contributed by atoms with Crippen LogP contribution in [0.1, 0.15) is 29.1 Å². The van der Waals surface area contributed by atoms with Gasteiger partial charge >= 0.3 is 0 Å². The molecule has 8 nitrogen and oxygen atoms in total. The number of H-pyrrole nitrogens is 1. The Balaban J connectivity index is 1.34. The van der Waals surface area contributed by atoms with E-state index in [9.17, 15) is 9.59 Å². The van der Waals surface area contributed by atoms with Gasteiger partial charge in [0.2, 0.25) is 5.91 Å². The molecule has 0 unspecified atom stereocenters. The maximum absolute atomic E-state index is 12.7. The number of hydrogen-bond donors (Lipinski definition) is 2. The van der Waals surface area contributed by atoms with Crippen LogP contribution in [0.25, 0.3) is 11.3 Å². The molecule has 0 aliphatic carbocycles. The SMILES string of the molecule is Cc1cc(NC(=O)C2CCN(C(=O)c3cc(-c4ccccc4)n[nH]3)CC2)no1. The van der Waals surface area contributed by atoms with Crippen LogP contribution in [0.5, 0.6) is 0 Å². The molecule has 0 radical (unpaired) electrons. The zero-order valence-electron chi connectivity index (χ0n) is 15.5. The molecule has 2 amide bonds. The number of nitrogens with one attached hydrogen (secondary N) is 2. The summed E-state index contributed by atoms with van der Waals surface area (Å²) in [7, 11) is 0. The van der Waals surface area contributed by atoms with Crippen molar-refractivity contribution in [2.75, 3.05) is 18.4 Å². The summed E-state index contributed by atoms with van der Waals surface area (Å²) in [6, 6.07) is 13.1. The minimum absolute atomic E-state index is 0.0895. The third-order valence-electron chi connectivity index (χ3n) is 4.91. The van der Waals surface area contributed by atoms with E-state index in [0.29, 0.717) is 43.2 Å². The summed E-state index contributed by atoms with van der Waals surface area (Å²) in [6.45, 7) is 2.81. The van der Waals surface area contributed by atoms with E-state index in [1.807, 2.05) is 30.3 Å². The van der Waals surface area contributed by atoms with Gasteiger partial charge in [-0.2, -0.15) is 5.10 Å². The largest absolute Gasteiger partial charge is 0.360 e. The van der Waals surface area contributed by atoms with Crippen LogP contribution in [0.4, 0.5) is 5.82 Å². The van der Waals surface area contributed by atoms with E-state index in [1.54, 1.807) is 24.0 Å². The highest BCUT2D eigenvalue weighted by Gasteiger charge is 2.29. The first-order valence-electron chi connectivity index (χ1n) is 9.24. The molecular formula is C20H21N5O3. The van der Waals surface area contributed by atoms with Gasteiger partial charge in [-0.3, -0.25) is 14.7 Å². The zero-order valence-corrected chi connectivity index (χ0v) is 15.5. The van der Waals surface area contributed by atoms with Crippen LogP contribution in [0.3, 0.4) is 0 Å². The second-order valence-corrected chi connectivity index (χ2v) is 6.91. The first-order chi connectivity index (χ1) is 13.6. The fourth-order valence-corrected chi connectivity index (χ4v) is 3.36. The molecule has 3 aromatic rings. The lowest BCUT2D eigenvalue weighted by Crippen LogP contribution is -2.41. The predicted molar refractivity (Wildman–Crippen MR) is 103 cm³/mol. The van der Waals surface area contributed by atoms with Gasteiger partial charge in [-0.25, -0.2) is 0 Å². The van der Waals surface area contributed by atoms with Crippen molar-refractivity contribution in [3.63, 3.8) is 0 Å². The summed E-state index contributed by atoms with van der Waals surface area (Å²) in [4.78, 5) is 26.9. The molecule has 1 fully saturated rings. The molecule has 2 N–H and O–H groups in total. The van der Waals surface area contributed by atoms with Crippen molar-refractivity contribution >= 4 is 17.6 Å². The number of piperidine rings is 1. The third-order valence-corrected chi connectivity index (χ3v) is 4.91. The number of hydrogen-bond acceptors (Lipinski definition) is 5. The molecule has 1 aliphatic rings. The summed E-state index contributed by atoms with van der Waals surface area (Å²) >= 11 is 0. The Hall–Kier alpha value is -3.42. The molecule has 2 aromatic heterocycles. The second kappa shape index (κ2) is 7.67. The number of carbonyl (C=O) groups is 2. The van der Waals surface area contributed by atoms with E-state index >= 15 is 0 Å². The fourth-order valence-electron chi connectivity index (χ4n) is 3.36. The van der Waals surface area contributed by atoms with Gasteiger partial charge in [0.1, 0.15) is 11.5 Å². The molecule has 8 heteroatoms. The van der Waals surface area contributed by atoms with Crippen molar-refractivity contribution < 1.29 is 14.1 Å². The van der Waals surface area contributed by atoms with Gasteiger partial charge in [-0.15, -0.1) is 0 Å². The zero-order chi connectivity index (χ0) is 19.5. The third kappa shape index (κ3) is 3.80. The number of benzene rings is 1. The fraction of sp³-hybridized carbons (Fsp3) is 0.300. The van der Waals surface area contributed by atoms with Crippen molar-refractivity contribution in [1.29, 1.82) is 0 Å². The van der Waals surface area contributed by atoms with E-state index < -0.39 is 0 Å². The molecule has 4 rings (SSSR count). The minimum atomic E-state index is -0.150. The van der Waals surface area contributed by atoms with Gasteiger partial charge in [0.05, 0.1) is 5.69 Å². The molecule has 144 valence electrons. The molecule has 0 saturated carbocycles. The van der Waals surface area contributed by atoms with Crippen LogP contribution >= 0.6 is 0 Å². The topological polar surface area (TPSA) is 104 Å². The van der Waals surface area contributed by atoms with Crippen LogP contribution in [0.15, 0.2) is 47.0 Å². The van der Waals surface area contributed by atoms with Gasteiger partial charge in [0, 0.05) is 30.6 Å². The number of carbonyl (C=O) groups excluding carboxylic acids is 2. The van der Waals surface area contributed by atoms with Crippen molar-refractivity contribution in [3.05, 3.63) is 53.9 Å². The first-order valence-corrected chi connectivity index (χ1v) is 9.24. The lowest BCUT2D eigenvalue weighted by molar-refractivity contribution is -0.121. The van der Waals surface area contributed by atoms with E-state index in [4.69, 9.17) is 4.52 Å². The number of aryl methyl sites for hydroxylation is 1. The number of anilines is 1. The summed E-state index contributed by atoms with van der Waals surface area (Å²) in [5.74, 6) is 0.730. The lowest BCUT2D eigenvalue weighted by Gasteiger charge is -2.30. The number of aromatic nitrogens is 3. The van der Waals surface area contributed by atoms with E-state index in [1.165, 1.54) is 0 Å². The Kier molecular flexibility index (Phi) is 4.92. The monoisotopic (exact) mass is 379 g/mol. The van der Waals surface area contributed by atoms with Gasteiger partial charge in [-0.05, 0) is 25.8 Å². The Labute approximate surface area is 161 Å². The highest BCUT2D eigenvalue weighted by Crippen LogP contribution is 2.22. The summed E-state index contributed by atoms with van der Waals surface area (Å²) < 4.78 is 4.96. The van der Waals surface area contributed by atoms with Gasteiger partial charge < -0.3 is 14.7 Å². The molecule has 0 bridgehead atoms. The Morgan fingerprint density at radius 1 is 1.18 bits per heavy atom. The van der Waals surface area contributed by atoms with E-state index in [2.05, 4.69) is 20.7 Å². The van der Waals surface area contributed by atoms with Gasteiger partial charge in [0.25, 0.3) is 5.91 Å². The Bertz CT molecular complexity index is 971. The second-order valence-electron chi connectivity index (χ2n) is 6.91. The molecule has 0 atom stereocenters. The highest BCUT2D eigenvalue weighted by molar-refractivity contribution is 5.94. The standard InChI is InChI=1S/C20H21N5O3/c1-13-11-18(24-28-13)21-19(26)15-7-9-25(10-8-15)20(27)17-12-16(22-23-17)14-5-3-2-4-6-14/h2-6,11-12,15H,7-10H2,1H3,(H,22,23)(H,21,24,26). The molecule has 3 heterocycles. The quantitative estimate of drug-likeness (QED) is 0.725. The summed E-state index contributed by atoms with van der Waals surface area (Å²) in [6.07, 6.45) is 1.21. The van der Waals surface area contributed by atoms with Crippen LogP contribution in [0.2, 0.25) is 0 Å². The van der Waals surface area contributed by atoms with Crippen LogP contribution in [-0.4, -0.2) is 45.2 Å².